The highest BCUT2D eigenvalue weighted by atomic mass is 16.7. The number of oxime groups is 1. The fourth-order valence-corrected chi connectivity index (χ4v) is 2.10. The van der Waals surface area contributed by atoms with Gasteiger partial charge in [0.15, 0.2) is 0 Å². The Morgan fingerprint density at radius 3 is 2.70 bits per heavy atom. The minimum atomic E-state index is -1.28. The lowest BCUT2D eigenvalue weighted by molar-refractivity contribution is -0.268. The van der Waals surface area contributed by atoms with Crippen LogP contribution in [0.25, 0.3) is 17.4 Å². The van der Waals surface area contributed by atoms with Gasteiger partial charge in [0.2, 0.25) is 0 Å². The van der Waals surface area contributed by atoms with Gasteiger partial charge in [0.25, 0.3) is 0 Å². The highest BCUT2D eigenvalue weighted by molar-refractivity contribution is 6.24. The van der Waals surface area contributed by atoms with Crippen LogP contribution in [-0.2, 0) is 9.63 Å². The molecule has 0 unspecified atom stereocenters. The number of rotatable bonds is 3. The van der Waals surface area contributed by atoms with Crippen LogP contribution in [0.3, 0.4) is 0 Å². The molecule has 0 atom stereocenters. The molecule has 1 aromatic carbocycles. The molecule has 3 rings (SSSR count). The Hall–Kier alpha value is -3.35. The normalized spacial score (nSPS) is 15.6. The third-order valence-corrected chi connectivity index (χ3v) is 3.29. The molecule has 0 amide bonds. The van der Waals surface area contributed by atoms with Crippen molar-refractivity contribution in [1.82, 2.24) is 0 Å². The van der Waals surface area contributed by atoms with Crippen LogP contribution < -0.4 is 5.11 Å². The van der Waals surface area contributed by atoms with Crippen LogP contribution in [-0.4, -0.2) is 22.8 Å². The summed E-state index contributed by atoms with van der Waals surface area (Å²) in [5, 5.41) is 24.1. The van der Waals surface area contributed by atoms with E-state index in [1.165, 1.54) is 24.3 Å². The standard InChI is InChI=1S/C16H11NO6/c1-8-12(16(21)23-17-8)7-10-3-5-14(22-10)9-2-4-11(15(19)20)13(18)6-9/h2-7,18H,1H3,(H,19,20)/p-1. The Morgan fingerprint density at radius 1 is 1.30 bits per heavy atom. The van der Waals surface area contributed by atoms with E-state index >= 15 is 0 Å². The van der Waals surface area contributed by atoms with Crippen molar-refractivity contribution in [2.75, 3.05) is 0 Å². The molecule has 2 heterocycles. The van der Waals surface area contributed by atoms with Gasteiger partial charge < -0.3 is 19.5 Å². The van der Waals surface area contributed by atoms with Crippen LogP contribution in [0, 0.1) is 0 Å². The van der Waals surface area contributed by atoms with Crippen molar-refractivity contribution in [3.63, 3.8) is 0 Å². The molecular formula is C16H10NO6-. The van der Waals surface area contributed by atoms with Gasteiger partial charge in [0, 0.05) is 5.56 Å². The highest BCUT2D eigenvalue weighted by Crippen LogP contribution is 2.28. The lowest BCUT2D eigenvalue weighted by Crippen LogP contribution is -2.03. The van der Waals surface area contributed by atoms with Crippen LogP contribution in [0.1, 0.15) is 23.0 Å². The predicted octanol–water partition coefficient (Wildman–Crippen LogP) is 2.03. The van der Waals surface area contributed by atoms with Gasteiger partial charge in [0.1, 0.15) is 11.5 Å². The second kappa shape index (κ2) is 5.45. The Kier molecular flexibility index (Phi) is 3.46. The molecule has 0 radical (unpaired) electrons. The molecule has 1 N–H and O–H groups in total. The van der Waals surface area contributed by atoms with E-state index in [1.807, 2.05) is 0 Å². The summed E-state index contributed by atoms with van der Waals surface area (Å²) in [5.74, 6) is -1.67. The van der Waals surface area contributed by atoms with E-state index in [9.17, 15) is 14.7 Å². The summed E-state index contributed by atoms with van der Waals surface area (Å²) >= 11 is 0. The molecule has 0 saturated heterocycles. The maximum absolute atomic E-state index is 11.7. The number of hydrogen-bond acceptors (Lipinski definition) is 6. The average Bonchev–Trinajstić information content (AvgIpc) is 3.09. The molecule has 2 aromatic rings. The summed E-state index contributed by atoms with van der Waals surface area (Å²) in [6, 6.07) is 7.14. The summed E-state index contributed by atoms with van der Waals surface area (Å²) < 4.78 is 5.56. The molecule has 7 nitrogen and oxygen atoms in total. The Balaban J connectivity index is 1.92. The van der Waals surface area contributed by atoms with Crippen molar-refractivity contribution < 1.29 is 29.1 Å². The van der Waals surface area contributed by atoms with Crippen LogP contribution in [0.5, 0.6) is 5.75 Å². The van der Waals surface area contributed by atoms with E-state index in [0.717, 1.165) is 0 Å². The molecule has 23 heavy (non-hydrogen) atoms. The first-order valence-electron chi connectivity index (χ1n) is 6.58. The third kappa shape index (κ3) is 2.71. The number of benzene rings is 1. The zero-order chi connectivity index (χ0) is 16.6. The van der Waals surface area contributed by atoms with E-state index < -0.39 is 17.7 Å². The van der Waals surface area contributed by atoms with Gasteiger partial charge in [-0.3, -0.25) is 0 Å². The number of carboxylic acids is 1. The zero-order valence-electron chi connectivity index (χ0n) is 11.9. The maximum atomic E-state index is 11.7. The van der Waals surface area contributed by atoms with Crippen molar-refractivity contribution in [3.8, 4) is 17.1 Å². The Morgan fingerprint density at radius 2 is 2.09 bits per heavy atom. The van der Waals surface area contributed by atoms with Crippen molar-refractivity contribution >= 4 is 23.7 Å². The first-order chi connectivity index (χ1) is 11.0. The quantitative estimate of drug-likeness (QED) is 0.685. The number of nitrogens with zero attached hydrogens (tertiary/aromatic N) is 1. The lowest BCUT2D eigenvalue weighted by atomic mass is 10.1. The molecule has 0 fully saturated rings. The summed E-state index contributed by atoms with van der Waals surface area (Å²) in [4.78, 5) is 26.8. The number of carboxylic acid groups (broad SMARTS) is 1. The van der Waals surface area contributed by atoms with Crippen LogP contribution in [0.15, 0.2) is 45.5 Å². The first kappa shape index (κ1) is 14.6. The molecule has 1 aliphatic rings. The molecule has 7 heteroatoms. The van der Waals surface area contributed by atoms with Crippen molar-refractivity contribution in [2.45, 2.75) is 6.92 Å². The van der Waals surface area contributed by atoms with Gasteiger partial charge in [-0.15, -0.1) is 0 Å². The maximum Gasteiger partial charge on any atom is 0.367 e. The molecule has 116 valence electrons. The highest BCUT2D eigenvalue weighted by Gasteiger charge is 2.22. The van der Waals surface area contributed by atoms with Gasteiger partial charge in [0.05, 0.1) is 16.8 Å². The molecule has 0 spiro atoms. The smallest absolute Gasteiger partial charge is 0.367 e. The van der Waals surface area contributed by atoms with Crippen molar-refractivity contribution in [2.24, 2.45) is 5.16 Å². The number of carbonyl (C=O) groups excluding carboxylic acids is 1. The fraction of sp³-hybridized carbons (Fsp3) is 0.0625. The first-order valence-corrected chi connectivity index (χ1v) is 6.58. The number of carbonyl (C=O) groups is 2. The van der Waals surface area contributed by atoms with Crippen molar-refractivity contribution in [3.05, 3.63) is 47.2 Å². The second-order valence-electron chi connectivity index (χ2n) is 4.83. The van der Waals surface area contributed by atoms with Gasteiger partial charge in [-0.05, 0) is 31.2 Å². The SMILES string of the molecule is CC1=NOC(=O)C1=Cc1ccc(-c2ccc(C(=O)O)c([O-])c2)o1. The van der Waals surface area contributed by atoms with Crippen LogP contribution in [0.2, 0.25) is 0 Å². The summed E-state index contributed by atoms with van der Waals surface area (Å²) in [5.41, 5.74) is 0.879. The second-order valence-corrected chi connectivity index (χ2v) is 4.83. The molecular weight excluding hydrogens is 302 g/mol. The number of aromatic carboxylic acids is 1. The van der Waals surface area contributed by atoms with Crippen LogP contribution >= 0.6 is 0 Å². The van der Waals surface area contributed by atoms with E-state index in [1.54, 1.807) is 19.1 Å². The molecule has 0 saturated carbocycles. The van der Waals surface area contributed by atoms with Gasteiger partial charge >= 0.3 is 11.9 Å². The van der Waals surface area contributed by atoms with Crippen LogP contribution in [0.4, 0.5) is 0 Å². The summed E-state index contributed by atoms with van der Waals surface area (Å²) in [7, 11) is 0. The molecule has 0 bridgehead atoms. The monoisotopic (exact) mass is 312 g/mol. The van der Waals surface area contributed by atoms with Gasteiger partial charge in [-0.1, -0.05) is 23.0 Å². The number of hydrogen-bond donors (Lipinski definition) is 1. The van der Waals surface area contributed by atoms with Gasteiger partial charge in [-0.25, -0.2) is 9.59 Å². The van der Waals surface area contributed by atoms with E-state index in [2.05, 4.69) is 9.99 Å². The lowest BCUT2D eigenvalue weighted by Gasteiger charge is -2.10. The van der Waals surface area contributed by atoms with E-state index in [4.69, 9.17) is 9.52 Å². The van der Waals surface area contributed by atoms with Gasteiger partial charge in [-0.2, -0.15) is 0 Å². The fourth-order valence-electron chi connectivity index (χ4n) is 2.10. The summed E-state index contributed by atoms with van der Waals surface area (Å²) in [6.45, 7) is 1.63. The van der Waals surface area contributed by atoms with E-state index in [0.29, 0.717) is 22.8 Å². The van der Waals surface area contributed by atoms with Crippen molar-refractivity contribution in [1.29, 1.82) is 0 Å². The average molecular weight is 312 g/mol. The summed E-state index contributed by atoms with van der Waals surface area (Å²) in [6.07, 6.45) is 1.49. The predicted molar refractivity (Wildman–Crippen MR) is 77.7 cm³/mol. The topological polar surface area (TPSA) is 112 Å². The number of furan rings is 1. The molecule has 1 aliphatic heterocycles. The molecule has 1 aromatic heterocycles. The Bertz CT molecular complexity index is 874. The third-order valence-electron chi connectivity index (χ3n) is 3.29. The van der Waals surface area contributed by atoms with E-state index in [-0.39, 0.29) is 11.1 Å². The molecule has 0 aliphatic carbocycles. The minimum Gasteiger partial charge on any atom is -0.872 e. The Labute approximate surface area is 130 Å². The minimum absolute atomic E-state index is 0.289. The zero-order valence-corrected chi connectivity index (χ0v) is 11.9. The largest absolute Gasteiger partial charge is 0.872 e.